The van der Waals surface area contributed by atoms with Crippen molar-refractivity contribution >= 4 is 36.8 Å². The summed E-state index contributed by atoms with van der Waals surface area (Å²) in [4.78, 5) is 15.6. The van der Waals surface area contributed by atoms with Crippen LogP contribution in [0.2, 0.25) is 0 Å². The Bertz CT molecular complexity index is 1230. The zero-order valence-electron chi connectivity index (χ0n) is 21.1. The van der Waals surface area contributed by atoms with Crippen LogP contribution in [0.3, 0.4) is 0 Å². The number of aromatic amines is 1. The third-order valence-corrected chi connectivity index (χ3v) is 6.28. The lowest BCUT2D eigenvalue weighted by molar-refractivity contribution is -0.121. The second-order valence-electron chi connectivity index (χ2n) is 8.99. The Morgan fingerprint density at radius 2 is 1.54 bits per heavy atom. The molecule has 186 valence electrons. The monoisotopic (exact) mass is 490 g/mol. The summed E-state index contributed by atoms with van der Waals surface area (Å²) >= 11 is 0. The molecule has 0 aliphatic heterocycles. The standard InChI is InChI=1S/C29H34N2O2.CH5P/c1-2-3-4-6-21-9-11-23-12-10-22(18-24(23)17-21)7-5-8-29(33)30-16-15-26-19-25-20-27(32)13-14-28(25)31-26;1-2/h9-14,17-20,31-32H,2-8,15-16H2,1H3,(H,30,33);2H2,1H3. The minimum absolute atomic E-state index is 0.0998. The molecule has 1 heterocycles. The topological polar surface area (TPSA) is 65.1 Å². The zero-order chi connectivity index (χ0) is 25.0. The number of fused-ring (bicyclic) bond motifs is 2. The maximum atomic E-state index is 12.3. The molecule has 0 saturated heterocycles. The summed E-state index contributed by atoms with van der Waals surface area (Å²) in [6, 6.07) is 20.8. The SMILES string of the molecule is CCCCCc1ccc2ccc(CCCC(=O)NCCc3cc4cc(O)ccc4[nH]3)cc2c1.CP. The Morgan fingerprint density at radius 3 is 2.26 bits per heavy atom. The Labute approximate surface area is 211 Å². The Hall–Kier alpha value is -2.84. The van der Waals surface area contributed by atoms with E-state index in [1.54, 1.807) is 12.1 Å². The third kappa shape index (κ3) is 8.11. The van der Waals surface area contributed by atoms with E-state index in [2.05, 4.69) is 62.9 Å². The summed E-state index contributed by atoms with van der Waals surface area (Å²) in [6.45, 7) is 4.76. The molecule has 4 nitrogen and oxygen atoms in total. The first kappa shape index (κ1) is 26.8. The molecule has 0 aliphatic carbocycles. The Morgan fingerprint density at radius 1 is 0.829 bits per heavy atom. The van der Waals surface area contributed by atoms with Gasteiger partial charge in [0.2, 0.25) is 5.91 Å². The van der Waals surface area contributed by atoms with Crippen molar-refractivity contribution in [2.75, 3.05) is 13.2 Å². The van der Waals surface area contributed by atoms with Crippen molar-refractivity contribution in [3.63, 3.8) is 0 Å². The van der Waals surface area contributed by atoms with E-state index in [1.807, 2.05) is 18.8 Å². The van der Waals surface area contributed by atoms with Gasteiger partial charge in [-0.3, -0.25) is 4.79 Å². The van der Waals surface area contributed by atoms with Crippen LogP contribution < -0.4 is 5.32 Å². The molecular weight excluding hydrogens is 451 g/mol. The second kappa shape index (κ2) is 13.9. The van der Waals surface area contributed by atoms with Gasteiger partial charge in [-0.2, -0.15) is 0 Å². The maximum Gasteiger partial charge on any atom is 0.220 e. The van der Waals surface area contributed by atoms with Gasteiger partial charge in [0, 0.05) is 36.0 Å². The number of nitrogens with one attached hydrogen (secondary N) is 2. The number of benzene rings is 3. The molecule has 35 heavy (non-hydrogen) atoms. The van der Waals surface area contributed by atoms with Crippen LogP contribution in [0.1, 0.15) is 55.8 Å². The minimum Gasteiger partial charge on any atom is -0.508 e. The maximum absolute atomic E-state index is 12.3. The number of phenols is 1. The van der Waals surface area contributed by atoms with Crippen LogP contribution in [-0.4, -0.2) is 29.2 Å². The van der Waals surface area contributed by atoms with Crippen LogP contribution in [0, 0.1) is 0 Å². The molecule has 1 unspecified atom stereocenters. The van der Waals surface area contributed by atoms with Gasteiger partial charge >= 0.3 is 0 Å². The van der Waals surface area contributed by atoms with E-state index in [-0.39, 0.29) is 11.7 Å². The lowest BCUT2D eigenvalue weighted by Gasteiger charge is -2.07. The largest absolute Gasteiger partial charge is 0.508 e. The highest BCUT2D eigenvalue weighted by Gasteiger charge is 2.05. The van der Waals surface area contributed by atoms with Crippen LogP contribution >= 0.6 is 9.24 Å². The van der Waals surface area contributed by atoms with Gasteiger partial charge in [-0.05, 0) is 71.8 Å². The average Bonchev–Trinajstić information content (AvgIpc) is 3.27. The van der Waals surface area contributed by atoms with Crippen LogP contribution in [0.25, 0.3) is 21.7 Å². The van der Waals surface area contributed by atoms with Crippen LogP contribution in [0.5, 0.6) is 5.75 Å². The van der Waals surface area contributed by atoms with Crippen molar-refractivity contribution < 1.29 is 9.90 Å². The van der Waals surface area contributed by atoms with E-state index >= 15 is 0 Å². The summed E-state index contributed by atoms with van der Waals surface area (Å²) in [5.41, 5.74) is 4.76. The molecule has 0 spiro atoms. The van der Waals surface area contributed by atoms with Crippen LogP contribution in [0.4, 0.5) is 0 Å². The molecule has 0 fully saturated rings. The molecule has 0 saturated carbocycles. The van der Waals surface area contributed by atoms with Gasteiger partial charge in [0.25, 0.3) is 0 Å². The van der Waals surface area contributed by atoms with Gasteiger partial charge in [-0.25, -0.2) is 0 Å². The first-order chi connectivity index (χ1) is 17.1. The molecule has 3 N–H and O–H groups in total. The van der Waals surface area contributed by atoms with Crippen molar-refractivity contribution in [1.29, 1.82) is 0 Å². The quantitative estimate of drug-likeness (QED) is 0.158. The molecular formula is C30H39N2O2P. The summed E-state index contributed by atoms with van der Waals surface area (Å²) in [6.07, 6.45) is 7.97. The predicted molar refractivity (Wildman–Crippen MR) is 152 cm³/mol. The number of unbranched alkanes of at least 4 members (excludes halogenated alkanes) is 2. The van der Waals surface area contributed by atoms with Gasteiger partial charge in [-0.1, -0.05) is 62.8 Å². The molecule has 0 bridgehead atoms. The van der Waals surface area contributed by atoms with Gasteiger partial charge in [0.1, 0.15) is 5.75 Å². The lowest BCUT2D eigenvalue weighted by Crippen LogP contribution is -2.25. The van der Waals surface area contributed by atoms with E-state index in [0.717, 1.165) is 42.3 Å². The first-order valence-electron chi connectivity index (χ1n) is 12.8. The average molecular weight is 491 g/mol. The number of rotatable bonds is 11. The van der Waals surface area contributed by atoms with E-state index < -0.39 is 0 Å². The summed E-state index contributed by atoms with van der Waals surface area (Å²) in [7, 11) is 2.42. The number of phenolic OH excluding ortho intramolecular Hbond substituents is 1. The minimum atomic E-state index is 0.0998. The molecule has 4 rings (SSSR count). The van der Waals surface area contributed by atoms with Crippen molar-refractivity contribution in [3.8, 4) is 5.75 Å². The van der Waals surface area contributed by atoms with Gasteiger partial charge in [-0.15, -0.1) is 9.24 Å². The normalized spacial score (nSPS) is 10.8. The van der Waals surface area contributed by atoms with Crippen molar-refractivity contribution in [3.05, 3.63) is 77.5 Å². The molecule has 0 radical (unpaired) electrons. The number of aromatic hydroxyl groups is 1. The van der Waals surface area contributed by atoms with Crippen molar-refractivity contribution in [2.45, 2.75) is 58.3 Å². The molecule has 3 aromatic carbocycles. The molecule has 4 aromatic rings. The zero-order valence-corrected chi connectivity index (χ0v) is 22.2. The molecule has 1 atom stereocenters. The van der Waals surface area contributed by atoms with Gasteiger partial charge in [0.15, 0.2) is 0 Å². The highest BCUT2D eigenvalue weighted by molar-refractivity contribution is 7.15. The lowest BCUT2D eigenvalue weighted by atomic mass is 9.99. The number of aromatic nitrogens is 1. The van der Waals surface area contributed by atoms with Crippen molar-refractivity contribution in [2.24, 2.45) is 0 Å². The molecule has 1 amide bonds. The summed E-state index contributed by atoms with van der Waals surface area (Å²) in [5, 5.41) is 16.2. The second-order valence-corrected chi connectivity index (χ2v) is 8.99. The number of carbonyl (C=O) groups is 1. The predicted octanol–water partition coefficient (Wildman–Crippen LogP) is 6.93. The van der Waals surface area contributed by atoms with E-state index in [9.17, 15) is 9.90 Å². The smallest absolute Gasteiger partial charge is 0.220 e. The number of hydrogen-bond donors (Lipinski definition) is 3. The fourth-order valence-electron chi connectivity index (χ4n) is 4.43. The third-order valence-electron chi connectivity index (χ3n) is 6.28. The van der Waals surface area contributed by atoms with Gasteiger partial charge in [0.05, 0.1) is 0 Å². The van der Waals surface area contributed by atoms with Crippen LogP contribution in [0.15, 0.2) is 60.7 Å². The Kier molecular flexibility index (Phi) is 10.6. The summed E-state index contributed by atoms with van der Waals surface area (Å²) in [5.74, 6) is 0.364. The van der Waals surface area contributed by atoms with E-state index in [0.29, 0.717) is 13.0 Å². The number of aryl methyl sites for hydroxylation is 2. The van der Waals surface area contributed by atoms with E-state index in [4.69, 9.17) is 0 Å². The molecule has 5 heteroatoms. The summed E-state index contributed by atoms with van der Waals surface area (Å²) < 4.78 is 0. The van der Waals surface area contributed by atoms with Crippen LogP contribution in [-0.2, 0) is 24.1 Å². The van der Waals surface area contributed by atoms with E-state index in [1.165, 1.54) is 41.2 Å². The highest BCUT2D eigenvalue weighted by Crippen LogP contribution is 2.22. The molecule has 1 aromatic heterocycles. The first-order valence-corrected chi connectivity index (χ1v) is 13.9. The fraction of sp³-hybridized carbons (Fsp3) is 0.367. The number of H-pyrrole nitrogens is 1. The fourth-order valence-corrected chi connectivity index (χ4v) is 4.43. The highest BCUT2D eigenvalue weighted by atomic mass is 31.0. The number of amides is 1. The molecule has 0 aliphatic rings. The number of hydrogen-bond acceptors (Lipinski definition) is 2. The Balaban J connectivity index is 0.00000167. The number of carbonyl (C=O) groups excluding carboxylic acids is 1. The van der Waals surface area contributed by atoms with Crippen molar-refractivity contribution in [1.82, 2.24) is 10.3 Å². The van der Waals surface area contributed by atoms with Gasteiger partial charge < -0.3 is 15.4 Å².